The number of hydrogen-bond donors (Lipinski definition) is 2. The zero-order valence-corrected chi connectivity index (χ0v) is 11.8. The first-order valence-corrected chi connectivity index (χ1v) is 6.71. The van der Waals surface area contributed by atoms with E-state index < -0.39 is 0 Å². The number of benzene rings is 1. The Balaban J connectivity index is 1.76. The van der Waals surface area contributed by atoms with E-state index >= 15 is 0 Å². The predicted molar refractivity (Wildman–Crippen MR) is 79.5 cm³/mol. The molecule has 0 aliphatic carbocycles. The number of nitrogens with zero attached hydrogens (tertiary/aromatic N) is 2. The fourth-order valence-electron chi connectivity index (χ4n) is 1.93. The van der Waals surface area contributed by atoms with Gasteiger partial charge in [0.1, 0.15) is 0 Å². The molecule has 0 saturated heterocycles. The second-order valence-electron chi connectivity index (χ2n) is 4.87. The van der Waals surface area contributed by atoms with Crippen LogP contribution in [0.25, 0.3) is 0 Å². The molecular weight excluding hydrogens is 252 g/mol. The molecule has 0 aliphatic rings. The van der Waals surface area contributed by atoms with E-state index in [1.807, 2.05) is 55.1 Å². The summed E-state index contributed by atoms with van der Waals surface area (Å²) in [7, 11) is 0. The summed E-state index contributed by atoms with van der Waals surface area (Å²) in [5.41, 5.74) is 1.92. The van der Waals surface area contributed by atoms with Crippen molar-refractivity contribution in [2.24, 2.45) is 0 Å². The van der Waals surface area contributed by atoms with Crippen LogP contribution in [0.15, 0.2) is 42.7 Å². The van der Waals surface area contributed by atoms with Crippen molar-refractivity contribution < 1.29 is 4.79 Å². The molecule has 2 aromatic rings. The summed E-state index contributed by atoms with van der Waals surface area (Å²) >= 11 is 0. The van der Waals surface area contributed by atoms with Gasteiger partial charge in [-0.2, -0.15) is 5.10 Å². The van der Waals surface area contributed by atoms with Crippen molar-refractivity contribution in [1.29, 1.82) is 0 Å². The highest BCUT2D eigenvalue weighted by Gasteiger charge is 2.07. The molecule has 2 N–H and O–H groups in total. The number of amides is 1. The molecule has 5 heteroatoms. The van der Waals surface area contributed by atoms with Gasteiger partial charge in [-0.15, -0.1) is 0 Å². The lowest BCUT2D eigenvalue weighted by atomic mass is 10.2. The maximum Gasteiger partial charge on any atom is 0.238 e. The Hall–Kier alpha value is -2.14. The number of anilines is 1. The van der Waals surface area contributed by atoms with Crippen LogP contribution in [0.3, 0.4) is 0 Å². The molecule has 1 aromatic carbocycles. The smallest absolute Gasteiger partial charge is 0.238 e. The third-order valence-electron chi connectivity index (χ3n) is 3.05. The number of nitrogens with one attached hydrogen (secondary N) is 2. The Morgan fingerprint density at radius 2 is 2.15 bits per heavy atom. The first-order chi connectivity index (χ1) is 9.65. The fraction of sp³-hybridized carbons (Fsp3) is 0.333. The minimum Gasteiger partial charge on any atom is -0.325 e. The Bertz CT molecular complexity index is 551. The van der Waals surface area contributed by atoms with Crippen molar-refractivity contribution in [3.05, 3.63) is 48.3 Å². The minimum atomic E-state index is -0.0355. The fourth-order valence-corrected chi connectivity index (χ4v) is 1.93. The highest BCUT2D eigenvalue weighted by atomic mass is 16.1. The highest BCUT2D eigenvalue weighted by Crippen LogP contribution is 2.12. The molecule has 1 atom stereocenters. The second kappa shape index (κ2) is 6.86. The summed E-state index contributed by atoms with van der Waals surface area (Å²) in [4.78, 5) is 11.9. The highest BCUT2D eigenvalue weighted by molar-refractivity contribution is 5.92. The maximum atomic E-state index is 11.9. The quantitative estimate of drug-likeness (QED) is 0.843. The van der Waals surface area contributed by atoms with Gasteiger partial charge in [-0.05, 0) is 31.5 Å². The van der Waals surface area contributed by atoms with Crippen molar-refractivity contribution in [3.63, 3.8) is 0 Å². The van der Waals surface area contributed by atoms with Gasteiger partial charge in [0, 0.05) is 24.1 Å². The molecule has 0 fully saturated rings. The van der Waals surface area contributed by atoms with Gasteiger partial charge in [0.05, 0.1) is 13.1 Å². The lowest BCUT2D eigenvalue weighted by Crippen LogP contribution is -2.37. The Labute approximate surface area is 119 Å². The van der Waals surface area contributed by atoms with Gasteiger partial charge in [-0.3, -0.25) is 9.48 Å². The van der Waals surface area contributed by atoms with Gasteiger partial charge in [0.25, 0.3) is 0 Å². The van der Waals surface area contributed by atoms with E-state index in [1.165, 1.54) is 0 Å². The van der Waals surface area contributed by atoms with Crippen LogP contribution >= 0.6 is 0 Å². The average Bonchev–Trinajstić information content (AvgIpc) is 2.92. The summed E-state index contributed by atoms with van der Waals surface area (Å²) < 4.78 is 1.84. The van der Waals surface area contributed by atoms with E-state index in [-0.39, 0.29) is 18.5 Å². The van der Waals surface area contributed by atoms with Crippen molar-refractivity contribution in [3.8, 4) is 0 Å². The van der Waals surface area contributed by atoms with Crippen LogP contribution < -0.4 is 10.6 Å². The zero-order chi connectivity index (χ0) is 14.4. The van der Waals surface area contributed by atoms with E-state index in [9.17, 15) is 4.79 Å². The summed E-state index contributed by atoms with van der Waals surface area (Å²) in [6.45, 7) is 5.04. The molecule has 20 heavy (non-hydrogen) atoms. The van der Waals surface area contributed by atoms with E-state index in [0.29, 0.717) is 0 Å². The topological polar surface area (TPSA) is 59.0 Å². The van der Waals surface area contributed by atoms with Gasteiger partial charge in [-0.1, -0.05) is 18.2 Å². The number of carbonyl (C=O) groups excluding carboxylic acids is 1. The summed E-state index contributed by atoms with van der Waals surface area (Å²) in [6.07, 6.45) is 3.66. The number of aryl methyl sites for hydroxylation is 1. The van der Waals surface area contributed by atoms with Crippen LogP contribution in [0.1, 0.15) is 12.5 Å². The first kappa shape index (κ1) is 14.3. The SMILES string of the molecule is Cc1ccccc1NC(=O)CNC(C)Cn1cccn1. The minimum absolute atomic E-state index is 0.0355. The van der Waals surface area contributed by atoms with Gasteiger partial charge in [-0.25, -0.2) is 0 Å². The number of para-hydroxylation sites is 1. The standard InChI is InChI=1S/C15H20N4O/c1-12-6-3-4-7-14(12)18-15(20)10-16-13(2)11-19-9-5-8-17-19/h3-9,13,16H,10-11H2,1-2H3,(H,18,20). The van der Waals surface area contributed by atoms with Crippen molar-refractivity contribution in [1.82, 2.24) is 15.1 Å². The van der Waals surface area contributed by atoms with E-state index in [2.05, 4.69) is 15.7 Å². The van der Waals surface area contributed by atoms with Gasteiger partial charge >= 0.3 is 0 Å². The number of carbonyl (C=O) groups is 1. The monoisotopic (exact) mass is 272 g/mol. The molecule has 1 heterocycles. The average molecular weight is 272 g/mol. The first-order valence-electron chi connectivity index (χ1n) is 6.71. The van der Waals surface area contributed by atoms with Crippen molar-refractivity contribution in [2.75, 3.05) is 11.9 Å². The summed E-state index contributed by atoms with van der Waals surface area (Å²) in [5, 5.41) is 10.2. The molecule has 0 saturated carbocycles. The maximum absolute atomic E-state index is 11.9. The third kappa shape index (κ3) is 4.20. The Morgan fingerprint density at radius 1 is 1.35 bits per heavy atom. The second-order valence-corrected chi connectivity index (χ2v) is 4.87. The van der Waals surface area contributed by atoms with Crippen LogP contribution in [0, 0.1) is 6.92 Å². The van der Waals surface area contributed by atoms with Gasteiger partial charge in [0.15, 0.2) is 0 Å². The molecule has 2 rings (SSSR count). The van der Waals surface area contributed by atoms with Crippen molar-refractivity contribution >= 4 is 11.6 Å². The van der Waals surface area contributed by atoms with Crippen LogP contribution in [0.2, 0.25) is 0 Å². The van der Waals surface area contributed by atoms with Crippen LogP contribution in [-0.2, 0) is 11.3 Å². The zero-order valence-electron chi connectivity index (χ0n) is 11.8. The van der Waals surface area contributed by atoms with Crippen LogP contribution in [0.4, 0.5) is 5.69 Å². The van der Waals surface area contributed by atoms with E-state index in [4.69, 9.17) is 0 Å². The Morgan fingerprint density at radius 3 is 2.85 bits per heavy atom. The third-order valence-corrected chi connectivity index (χ3v) is 3.05. The molecule has 0 spiro atoms. The van der Waals surface area contributed by atoms with E-state index in [0.717, 1.165) is 17.8 Å². The number of rotatable bonds is 6. The largest absolute Gasteiger partial charge is 0.325 e. The molecule has 1 aromatic heterocycles. The predicted octanol–water partition coefficient (Wildman–Crippen LogP) is 1.81. The molecule has 0 bridgehead atoms. The molecule has 1 amide bonds. The molecular formula is C15H20N4O. The molecule has 5 nitrogen and oxygen atoms in total. The molecule has 0 aliphatic heterocycles. The Kier molecular flexibility index (Phi) is 4.90. The van der Waals surface area contributed by atoms with Gasteiger partial charge in [0.2, 0.25) is 5.91 Å². The lowest BCUT2D eigenvalue weighted by Gasteiger charge is -2.14. The number of hydrogen-bond acceptors (Lipinski definition) is 3. The molecule has 0 radical (unpaired) electrons. The van der Waals surface area contributed by atoms with Crippen molar-refractivity contribution in [2.45, 2.75) is 26.4 Å². The summed E-state index contributed by atoms with van der Waals surface area (Å²) in [6, 6.07) is 9.81. The lowest BCUT2D eigenvalue weighted by molar-refractivity contribution is -0.115. The normalized spacial score (nSPS) is 12.1. The summed E-state index contributed by atoms with van der Waals surface area (Å²) in [5.74, 6) is -0.0355. The molecule has 106 valence electrons. The van der Waals surface area contributed by atoms with Gasteiger partial charge < -0.3 is 10.6 Å². The number of aromatic nitrogens is 2. The van der Waals surface area contributed by atoms with Crippen LogP contribution in [-0.4, -0.2) is 28.3 Å². The molecule has 1 unspecified atom stereocenters. The van der Waals surface area contributed by atoms with Crippen LogP contribution in [0.5, 0.6) is 0 Å². The van der Waals surface area contributed by atoms with E-state index in [1.54, 1.807) is 6.20 Å².